The van der Waals surface area contributed by atoms with Gasteiger partial charge in [-0.05, 0) is 38.0 Å². The molecule has 2 aliphatic carbocycles. The summed E-state index contributed by atoms with van der Waals surface area (Å²) in [7, 11) is 0. The van der Waals surface area contributed by atoms with Crippen LogP contribution in [-0.2, 0) is 4.79 Å². The zero-order valence-corrected chi connectivity index (χ0v) is 8.10. The zero-order valence-electron chi connectivity index (χ0n) is 8.10. The lowest BCUT2D eigenvalue weighted by atomic mass is 9.69. The number of Topliss-reactive ketones (excluding diaryl/α,β-unsaturated/α-hetero) is 1. The van der Waals surface area contributed by atoms with E-state index in [1.54, 1.807) is 0 Å². The molecule has 2 fully saturated rings. The summed E-state index contributed by atoms with van der Waals surface area (Å²) in [5.74, 6) is 1.80. The van der Waals surface area contributed by atoms with Crippen molar-refractivity contribution in [2.24, 2.45) is 17.3 Å². The zero-order chi connectivity index (χ0) is 8.77. The summed E-state index contributed by atoms with van der Waals surface area (Å²) in [5.41, 5.74) is 0.114. The van der Waals surface area contributed by atoms with Crippen LogP contribution in [0, 0.1) is 17.3 Å². The van der Waals surface area contributed by atoms with Crippen molar-refractivity contribution < 1.29 is 4.79 Å². The van der Waals surface area contributed by atoms with Gasteiger partial charge in [0.2, 0.25) is 0 Å². The van der Waals surface area contributed by atoms with Crippen LogP contribution >= 0.6 is 0 Å². The number of carbonyl (C=O) groups excluding carboxylic acids is 1. The normalized spacial score (nSPS) is 37.7. The van der Waals surface area contributed by atoms with Gasteiger partial charge in [0.05, 0.1) is 0 Å². The van der Waals surface area contributed by atoms with Gasteiger partial charge in [0.15, 0.2) is 0 Å². The summed E-state index contributed by atoms with van der Waals surface area (Å²) in [6.07, 6.45) is 5.86. The molecule has 0 aromatic rings. The Morgan fingerprint density at radius 3 is 2.33 bits per heavy atom. The standard InChI is InChI=1S/C11H18O/c1-3-11(4-2)9-6-5-8(7-9)10(11)12/h8-9H,3-7H2,1-2H3. The number of ketones is 1. The van der Waals surface area contributed by atoms with Crippen LogP contribution in [0.2, 0.25) is 0 Å². The predicted molar refractivity (Wildman–Crippen MR) is 48.9 cm³/mol. The molecule has 0 heterocycles. The van der Waals surface area contributed by atoms with E-state index in [0.717, 1.165) is 18.8 Å². The molecule has 2 bridgehead atoms. The highest BCUT2D eigenvalue weighted by atomic mass is 16.1. The Kier molecular flexibility index (Phi) is 1.78. The second-order valence-corrected chi connectivity index (χ2v) is 4.43. The Morgan fingerprint density at radius 2 is 2.00 bits per heavy atom. The van der Waals surface area contributed by atoms with Crippen molar-refractivity contribution in [1.82, 2.24) is 0 Å². The maximum Gasteiger partial charge on any atom is 0.142 e. The molecule has 0 radical (unpaired) electrons. The third-order valence-electron chi connectivity index (χ3n) is 4.34. The van der Waals surface area contributed by atoms with Crippen molar-refractivity contribution in [3.8, 4) is 0 Å². The molecule has 2 saturated carbocycles. The third-order valence-corrected chi connectivity index (χ3v) is 4.34. The van der Waals surface area contributed by atoms with Gasteiger partial charge < -0.3 is 0 Å². The van der Waals surface area contributed by atoms with Gasteiger partial charge in [0, 0.05) is 11.3 Å². The number of hydrogen-bond donors (Lipinski definition) is 0. The van der Waals surface area contributed by atoms with E-state index in [4.69, 9.17) is 0 Å². The van der Waals surface area contributed by atoms with E-state index >= 15 is 0 Å². The Morgan fingerprint density at radius 1 is 1.33 bits per heavy atom. The van der Waals surface area contributed by atoms with E-state index in [9.17, 15) is 4.79 Å². The largest absolute Gasteiger partial charge is 0.299 e. The number of fused-ring (bicyclic) bond motifs is 2. The van der Waals surface area contributed by atoms with Crippen molar-refractivity contribution in [3.63, 3.8) is 0 Å². The molecule has 12 heavy (non-hydrogen) atoms. The highest BCUT2D eigenvalue weighted by molar-refractivity contribution is 5.90. The second-order valence-electron chi connectivity index (χ2n) is 4.43. The molecule has 1 nitrogen and oxygen atoms in total. The van der Waals surface area contributed by atoms with Crippen LogP contribution < -0.4 is 0 Å². The minimum Gasteiger partial charge on any atom is -0.299 e. The fraction of sp³-hybridized carbons (Fsp3) is 0.909. The van der Waals surface area contributed by atoms with Crippen LogP contribution in [0.5, 0.6) is 0 Å². The molecule has 0 aliphatic heterocycles. The first-order valence-corrected chi connectivity index (χ1v) is 5.29. The first-order chi connectivity index (χ1) is 5.74. The predicted octanol–water partition coefficient (Wildman–Crippen LogP) is 2.79. The molecule has 68 valence electrons. The van der Waals surface area contributed by atoms with Crippen molar-refractivity contribution in [2.75, 3.05) is 0 Å². The molecule has 0 saturated heterocycles. The van der Waals surface area contributed by atoms with E-state index in [1.807, 2.05) is 0 Å². The number of carbonyl (C=O) groups is 1. The Balaban J connectivity index is 2.30. The number of rotatable bonds is 2. The molecule has 1 heteroatoms. The highest BCUT2D eigenvalue weighted by Crippen LogP contribution is 2.56. The smallest absolute Gasteiger partial charge is 0.142 e. The topological polar surface area (TPSA) is 17.1 Å². The Hall–Kier alpha value is -0.330. The van der Waals surface area contributed by atoms with Crippen LogP contribution in [0.25, 0.3) is 0 Å². The molecule has 0 spiro atoms. The van der Waals surface area contributed by atoms with Crippen molar-refractivity contribution >= 4 is 5.78 Å². The molecule has 0 aromatic carbocycles. The molecule has 2 unspecified atom stereocenters. The summed E-state index contributed by atoms with van der Waals surface area (Å²) in [5, 5.41) is 0. The lowest BCUT2D eigenvalue weighted by Gasteiger charge is -2.34. The molecular weight excluding hydrogens is 148 g/mol. The Bertz CT molecular complexity index is 203. The van der Waals surface area contributed by atoms with E-state index in [2.05, 4.69) is 13.8 Å². The van der Waals surface area contributed by atoms with E-state index in [-0.39, 0.29) is 5.41 Å². The average Bonchev–Trinajstić information content (AvgIpc) is 2.64. The summed E-state index contributed by atoms with van der Waals surface area (Å²) in [4.78, 5) is 12.0. The van der Waals surface area contributed by atoms with Crippen molar-refractivity contribution in [1.29, 1.82) is 0 Å². The molecule has 2 rings (SSSR count). The van der Waals surface area contributed by atoms with Crippen LogP contribution in [0.3, 0.4) is 0 Å². The highest BCUT2D eigenvalue weighted by Gasteiger charge is 2.55. The summed E-state index contributed by atoms with van der Waals surface area (Å²) < 4.78 is 0. The van der Waals surface area contributed by atoms with Gasteiger partial charge in [-0.2, -0.15) is 0 Å². The average molecular weight is 166 g/mol. The maximum atomic E-state index is 12.0. The first-order valence-electron chi connectivity index (χ1n) is 5.29. The van der Waals surface area contributed by atoms with Crippen LogP contribution in [0.4, 0.5) is 0 Å². The fourth-order valence-corrected chi connectivity index (χ4v) is 3.51. The second kappa shape index (κ2) is 2.58. The lowest BCUT2D eigenvalue weighted by molar-refractivity contribution is -0.132. The van der Waals surface area contributed by atoms with Crippen molar-refractivity contribution in [2.45, 2.75) is 46.0 Å². The van der Waals surface area contributed by atoms with Gasteiger partial charge in [0.25, 0.3) is 0 Å². The molecule has 2 atom stereocenters. The van der Waals surface area contributed by atoms with Crippen molar-refractivity contribution in [3.05, 3.63) is 0 Å². The monoisotopic (exact) mass is 166 g/mol. The SMILES string of the molecule is CCC1(CC)C(=O)C2CCC1C2. The molecular formula is C11H18O. The van der Waals surface area contributed by atoms with E-state index in [0.29, 0.717) is 11.7 Å². The lowest BCUT2D eigenvalue weighted by Crippen LogP contribution is -2.35. The van der Waals surface area contributed by atoms with Crippen LogP contribution in [0.15, 0.2) is 0 Å². The van der Waals surface area contributed by atoms with Gasteiger partial charge in [-0.25, -0.2) is 0 Å². The van der Waals surface area contributed by atoms with Crippen LogP contribution in [-0.4, -0.2) is 5.78 Å². The van der Waals surface area contributed by atoms with Gasteiger partial charge in [-0.1, -0.05) is 13.8 Å². The fourth-order valence-electron chi connectivity index (χ4n) is 3.51. The van der Waals surface area contributed by atoms with E-state index in [1.165, 1.54) is 19.3 Å². The molecule has 0 amide bonds. The summed E-state index contributed by atoms with van der Waals surface area (Å²) >= 11 is 0. The van der Waals surface area contributed by atoms with Gasteiger partial charge in [0.1, 0.15) is 5.78 Å². The summed E-state index contributed by atoms with van der Waals surface area (Å²) in [6.45, 7) is 4.37. The van der Waals surface area contributed by atoms with Gasteiger partial charge in [-0.15, -0.1) is 0 Å². The first kappa shape index (κ1) is 8.28. The van der Waals surface area contributed by atoms with Crippen LogP contribution in [0.1, 0.15) is 46.0 Å². The molecule has 2 aliphatic rings. The summed E-state index contributed by atoms with van der Waals surface area (Å²) in [6, 6.07) is 0. The minimum absolute atomic E-state index is 0.114. The quantitative estimate of drug-likeness (QED) is 0.616. The maximum absolute atomic E-state index is 12.0. The minimum atomic E-state index is 0.114. The molecule has 0 N–H and O–H groups in total. The van der Waals surface area contributed by atoms with E-state index < -0.39 is 0 Å². The Labute approximate surface area is 74.5 Å². The van der Waals surface area contributed by atoms with Gasteiger partial charge in [-0.3, -0.25) is 4.79 Å². The molecule has 0 aromatic heterocycles. The third kappa shape index (κ3) is 0.773. The number of hydrogen-bond acceptors (Lipinski definition) is 1. The van der Waals surface area contributed by atoms with Gasteiger partial charge >= 0.3 is 0 Å².